The molecule has 1 atom stereocenters. The first kappa shape index (κ1) is 13.6. The van der Waals surface area contributed by atoms with Crippen molar-refractivity contribution in [3.8, 4) is 0 Å². The second-order valence-corrected chi connectivity index (χ2v) is 4.93. The molecule has 1 heterocycles. The third-order valence-electron chi connectivity index (χ3n) is 3.14. The Bertz CT molecular complexity index is 381. The third kappa shape index (κ3) is 4.11. The predicted molar refractivity (Wildman–Crippen MR) is 66.3 cm³/mol. The zero-order valence-corrected chi connectivity index (χ0v) is 11.0. The van der Waals surface area contributed by atoms with Crippen LogP contribution in [0.25, 0.3) is 0 Å². The molecule has 0 aromatic heterocycles. The Balaban J connectivity index is 1.61. The van der Waals surface area contributed by atoms with Gasteiger partial charge in [-0.3, -0.25) is 9.59 Å². The van der Waals surface area contributed by atoms with Crippen LogP contribution in [0.4, 0.5) is 4.79 Å². The SMILES string of the molecule is CC(=O)NCCC(=O)NCC1CN(C2CC2)C(=O)O1. The number of cyclic esters (lactones) is 1. The lowest BCUT2D eigenvalue weighted by Crippen LogP contribution is -2.36. The number of carbonyl (C=O) groups is 3. The van der Waals surface area contributed by atoms with E-state index in [4.69, 9.17) is 4.74 Å². The van der Waals surface area contributed by atoms with Gasteiger partial charge in [0, 0.05) is 25.9 Å². The van der Waals surface area contributed by atoms with Crippen molar-refractivity contribution >= 4 is 17.9 Å². The Morgan fingerprint density at radius 2 is 2.11 bits per heavy atom. The summed E-state index contributed by atoms with van der Waals surface area (Å²) in [7, 11) is 0. The second-order valence-electron chi connectivity index (χ2n) is 4.93. The Morgan fingerprint density at radius 3 is 2.74 bits per heavy atom. The highest BCUT2D eigenvalue weighted by molar-refractivity contribution is 5.78. The molecule has 0 bridgehead atoms. The van der Waals surface area contributed by atoms with Crippen LogP contribution in [0.15, 0.2) is 0 Å². The van der Waals surface area contributed by atoms with Crippen LogP contribution in [0.2, 0.25) is 0 Å². The van der Waals surface area contributed by atoms with Crippen LogP contribution in [0.5, 0.6) is 0 Å². The van der Waals surface area contributed by atoms with Crippen LogP contribution < -0.4 is 10.6 Å². The quantitative estimate of drug-likeness (QED) is 0.687. The van der Waals surface area contributed by atoms with Crippen molar-refractivity contribution < 1.29 is 19.1 Å². The van der Waals surface area contributed by atoms with Crippen LogP contribution in [-0.2, 0) is 14.3 Å². The number of carbonyl (C=O) groups excluding carboxylic acids is 3. The standard InChI is InChI=1S/C12H19N3O4/c1-8(16)13-5-4-11(17)14-6-10-7-15(9-2-3-9)12(18)19-10/h9-10H,2-7H2,1H3,(H,13,16)(H,14,17). The first-order valence-electron chi connectivity index (χ1n) is 6.54. The van der Waals surface area contributed by atoms with E-state index in [1.165, 1.54) is 6.92 Å². The van der Waals surface area contributed by atoms with Crippen molar-refractivity contribution in [2.45, 2.75) is 38.3 Å². The minimum atomic E-state index is -0.278. The van der Waals surface area contributed by atoms with Crippen LogP contribution in [-0.4, -0.2) is 54.6 Å². The predicted octanol–water partition coefficient (Wildman–Crippen LogP) is -0.388. The summed E-state index contributed by atoms with van der Waals surface area (Å²) < 4.78 is 5.17. The van der Waals surface area contributed by atoms with E-state index in [2.05, 4.69) is 10.6 Å². The Hall–Kier alpha value is -1.79. The minimum absolute atomic E-state index is 0.155. The van der Waals surface area contributed by atoms with Gasteiger partial charge in [-0.1, -0.05) is 0 Å². The summed E-state index contributed by atoms with van der Waals surface area (Å²) in [4.78, 5) is 35.3. The number of amides is 3. The summed E-state index contributed by atoms with van der Waals surface area (Å²) in [5.41, 5.74) is 0. The molecule has 0 aromatic rings. The fraction of sp³-hybridized carbons (Fsp3) is 0.750. The van der Waals surface area contributed by atoms with E-state index in [0.717, 1.165) is 12.8 Å². The van der Waals surface area contributed by atoms with Gasteiger partial charge in [0.05, 0.1) is 13.1 Å². The van der Waals surface area contributed by atoms with Gasteiger partial charge >= 0.3 is 6.09 Å². The number of nitrogens with one attached hydrogen (secondary N) is 2. The molecular formula is C12H19N3O4. The average Bonchev–Trinajstić information content (AvgIpc) is 3.10. The fourth-order valence-electron chi connectivity index (χ4n) is 2.00. The molecule has 106 valence electrons. The van der Waals surface area contributed by atoms with Gasteiger partial charge in [0.25, 0.3) is 0 Å². The van der Waals surface area contributed by atoms with Crippen molar-refractivity contribution in [3.05, 3.63) is 0 Å². The summed E-state index contributed by atoms with van der Waals surface area (Å²) in [5, 5.41) is 5.25. The number of ether oxygens (including phenoxy) is 1. The molecule has 2 aliphatic rings. The number of hydrogen-bond acceptors (Lipinski definition) is 4. The highest BCUT2D eigenvalue weighted by Crippen LogP contribution is 2.30. The minimum Gasteiger partial charge on any atom is -0.442 e. The molecule has 0 aromatic carbocycles. The smallest absolute Gasteiger partial charge is 0.410 e. The molecule has 2 rings (SSSR count). The zero-order valence-electron chi connectivity index (χ0n) is 11.0. The second kappa shape index (κ2) is 5.90. The molecule has 1 unspecified atom stereocenters. The van der Waals surface area contributed by atoms with Crippen LogP contribution >= 0.6 is 0 Å². The van der Waals surface area contributed by atoms with E-state index in [-0.39, 0.29) is 30.4 Å². The molecule has 2 N–H and O–H groups in total. The van der Waals surface area contributed by atoms with E-state index < -0.39 is 0 Å². The third-order valence-corrected chi connectivity index (χ3v) is 3.14. The van der Waals surface area contributed by atoms with Gasteiger partial charge in [0.15, 0.2) is 0 Å². The first-order chi connectivity index (χ1) is 9.06. The Morgan fingerprint density at radius 1 is 1.37 bits per heavy atom. The van der Waals surface area contributed by atoms with E-state index in [9.17, 15) is 14.4 Å². The van der Waals surface area contributed by atoms with Gasteiger partial charge in [-0.2, -0.15) is 0 Å². The van der Waals surface area contributed by atoms with Gasteiger partial charge in [0.2, 0.25) is 11.8 Å². The van der Waals surface area contributed by atoms with Gasteiger partial charge in [-0.15, -0.1) is 0 Å². The van der Waals surface area contributed by atoms with E-state index >= 15 is 0 Å². The number of nitrogens with zero attached hydrogens (tertiary/aromatic N) is 1. The van der Waals surface area contributed by atoms with E-state index in [0.29, 0.717) is 25.7 Å². The molecule has 3 amide bonds. The molecule has 0 radical (unpaired) electrons. The molecule has 2 fully saturated rings. The van der Waals surface area contributed by atoms with E-state index in [1.807, 2.05) is 0 Å². The largest absolute Gasteiger partial charge is 0.442 e. The molecule has 0 spiro atoms. The van der Waals surface area contributed by atoms with Crippen LogP contribution in [0, 0.1) is 0 Å². The molecule has 1 saturated carbocycles. The Kier molecular flexibility index (Phi) is 4.24. The maximum Gasteiger partial charge on any atom is 0.410 e. The van der Waals surface area contributed by atoms with Crippen molar-refractivity contribution in [3.63, 3.8) is 0 Å². The lowest BCUT2D eigenvalue weighted by atomic mass is 10.3. The van der Waals surface area contributed by atoms with Gasteiger partial charge in [-0.25, -0.2) is 4.79 Å². The maximum absolute atomic E-state index is 11.5. The summed E-state index contributed by atoms with van der Waals surface area (Å²) >= 11 is 0. The highest BCUT2D eigenvalue weighted by atomic mass is 16.6. The zero-order chi connectivity index (χ0) is 13.8. The molecule has 1 aliphatic carbocycles. The average molecular weight is 269 g/mol. The summed E-state index contributed by atoms with van der Waals surface area (Å²) in [6, 6.07) is 0.341. The molecule has 19 heavy (non-hydrogen) atoms. The topological polar surface area (TPSA) is 87.7 Å². The number of hydrogen-bond donors (Lipinski definition) is 2. The van der Waals surface area contributed by atoms with Crippen LogP contribution in [0.1, 0.15) is 26.2 Å². The number of rotatable bonds is 6. The normalized spacial score (nSPS) is 22.1. The van der Waals surface area contributed by atoms with Gasteiger partial charge in [0.1, 0.15) is 6.10 Å². The van der Waals surface area contributed by atoms with Gasteiger partial charge in [-0.05, 0) is 12.8 Å². The van der Waals surface area contributed by atoms with E-state index in [1.54, 1.807) is 4.90 Å². The van der Waals surface area contributed by atoms with Gasteiger partial charge < -0.3 is 20.3 Å². The molecule has 1 saturated heterocycles. The van der Waals surface area contributed by atoms with Crippen molar-refractivity contribution in [1.82, 2.24) is 15.5 Å². The maximum atomic E-state index is 11.5. The summed E-state index contributed by atoms with van der Waals surface area (Å²) in [6.45, 7) is 2.60. The molecule has 1 aliphatic heterocycles. The monoisotopic (exact) mass is 269 g/mol. The molecule has 7 nitrogen and oxygen atoms in total. The summed E-state index contributed by atoms with van der Waals surface area (Å²) in [6.07, 6.45) is 1.78. The van der Waals surface area contributed by atoms with Crippen molar-refractivity contribution in [2.75, 3.05) is 19.6 Å². The lowest BCUT2D eigenvalue weighted by Gasteiger charge is -2.11. The summed E-state index contributed by atoms with van der Waals surface area (Å²) in [5.74, 6) is -0.313. The lowest BCUT2D eigenvalue weighted by molar-refractivity contribution is -0.121. The highest BCUT2D eigenvalue weighted by Gasteiger charge is 2.40. The van der Waals surface area contributed by atoms with Crippen molar-refractivity contribution in [1.29, 1.82) is 0 Å². The van der Waals surface area contributed by atoms with Crippen molar-refractivity contribution in [2.24, 2.45) is 0 Å². The van der Waals surface area contributed by atoms with Crippen LogP contribution in [0.3, 0.4) is 0 Å². The molecular weight excluding hydrogens is 250 g/mol. The fourth-order valence-corrected chi connectivity index (χ4v) is 2.00. The first-order valence-corrected chi connectivity index (χ1v) is 6.54. The molecule has 7 heteroatoms. The Labute approximate surface area is 111 Å².